The number of nitriles is 1. The third kappa shape index (κ3) is 3.66. The summed E-state index contributed by atoms with van der Waals surface area (Å²) in [7, 11) is 1.49. The molecule has 8 heteroatoms. The average Bonchev–Trinajstić information content (AvgIpc) is 3.20. The summed E-state index contributed by atoms with van der Waals surface area (Å²) in [5, 5.41) is 31.0. The van der Waals surface area contributed by atoms with Gasteiger partial charge in [-0.1, -0.05) is 48.0 Å². The van der Waals surface area contributed by atoms with Gasteiger partial charge in [0.25, 0.3) is 5.56 Å². The Morgan fingerprint density at radius 1 is 0.971 bits per heavy atom. The zero-order chi connectivity index (χ0) is 24.7. The lowest BCUT2D eigenvalue weighted by Gasteiger charge is -2.13. The van der Waals surface area contributed by atoms with E-state index in [2.05, 4.69) is 4.98 Å². The molecule has 0 fully saturated rings. The maximum atomic E-state index is 12.8. The zero-order valence-corrected chi connectivity index (χ0v) is 19.2. The molecule has 35 heavy (non-hydrogen) atoms. The van der Waals surface area contributed by atoms with Crippen LogP contribution in [0.3, 0.4) is 0 Å². The number of aromatic nitrogens is 2. The Balaban J connectivity index is 1.65. The van der Waals surface area contributed by atoms with Gasteiger partial charge in [-0.25, -0.2) is 0 Å². The van der Waals surface area contributed by atoms with E-state index in [1.165, 1.54) is 7.11 Å². The van der Waals surface area contributed by atoms with E-state index in [4.69, 9.17) is 21.6 Å². The molecule has 0 radical (unpaired) electrons. The minimum absolute atomic E-state index is 0.0366. The Bertz CT molecular complexity index is 1680. The second-order valence-electron chi connectivity index (χ2n) is 7.83. The highest BCUT2D eigenvalue weighted by atomic mass is 35.5. The first-order chi connectivity index (χ1) is 16.9. The molecule has 3 aromatic carbocycles. The molecular weight excluding hydrogens is 466 g/mol. The molecule has 0 saturated carbocycles. The van der Waals surface area contributed by atoms with E-state index in [1.807, 2.05) is 18.2 Å². The predicted molar refractivity (Wildman–Crippen MR) is 134 cm³/mol. The molecule has 0 atom stereocenters. The van der Waals surface area contributed by atoms with Gasteiger partial charge in [0.15, 0.2) is 17.2 Å². The van der Waals surface area contributed by atoms with E-state index >= 15 is 0 Å². The Labute approximate surface area is 204 Å². The van der Waals surface area contributed by atoms with Crippen molar-refractivity contribution in [2.24, 2.45) is 0 Å². The zero-order valence-electron chi connectivity index (χ0n) is 18.4. The van der Waals surface area contributed by atoms with Crippen LogP contribution in [0.4, 0.5) is 0 Å². The summed E-state index contributed by atoms with van der Waals surface area (Å²) in [5.41, 5.74) is 3.24. The predicted octanol–water partition coefficient (Wildman–Crippen LogP) is 5.60. The maximum absolute atomic E-state index is 12.8. The van der Waals surface area contributed by atoms with Crippen molar-refractivity contribution in [2.45, 2.75) is 0 Å². The number of nitrogens with zero attached hydrogens (tertiary/aromatic N) is 2. The number of aromatic amines is 1. The lowest BCUT2D eigenvalue weighted by atomic mass is 10.0. The normalized spacial score (nSPS) is 10.9. The van der Waals surface area contributed by atoms with E-state index in [0.29, 0.717) is 44.3 Å². The van der Waals surface area contributed by atoms with Crippen LogP contribution in [-0.2, 0) is 0 Å². The summed E-state index contributed by atoms with van der Waals surface area (Å²) >= 11 is 6.52. The number of phenols is 1. The van der Waals surface area contributed by atoms with Crippen LogP contribution in [0, 0.1) is 11.3 Å². The second-order valence-corrected chi connectivity index (χ2v) is 8.22. The summed E-state index contributed by atoms with van der Waals surface area (Å²) in [6, 6.07) is 22.5. The van der Waals surface area contributed by atoms with Crippen LogP contribution in [0.2, 0.25) is 5.15 Å². The SMILES string of the molecule is COc1cccc(-c2ccc(-n3c(Cl)cc4[nH]c(=O)c(-c5ccc(C#N)cc5)c(O)c43)cc2)c1O. The van der Waals surface area contributed by atoms with Crippen LogP contribution in [-0.4, -0.2) is 26.9 Å². The molecule has 0 spiro atoms. The van der Waals surface area contributed by atoms with Crippen molar-refractivity contribution in [3.8, 4) is 51.3 Å². The van der Waals surface area contributed by atoms with Gasteiger partial charge in [-0.05, 0) is 47.5 Å². The number of ether oxygens (including phenoxy) is 1. The van der Waals surface area contributed by atoms with Crippen molar-refractivity contribution in [1.29, 1.82) is 5.26 Å². The van der Waals surface area contributed by atoms with Crippen molar-refractivity contribution in [3.63, 3.8) is 0 Å². The van der Waals surface area contributed by atoms with Crippen LogP contribution in [0.15, 0.2) is 77.6 Å². The highest BCUT2D eigenvalue weighted by Gasteiger charge is 2.20. The minimum Gasteiger partial charge on any atom is -0.505 e. The Morgan fingerprint density at radius 3 is 2.31 bits per heavy atom. The number of H-pyrrole nitrogens is 1. The molecule has 0 aliphatic heterocycles. The largest absolute Gasteiger partial charge is 0.505 e. The van der Waals surface area contributed by atoms with Gasteiger partial charge in [-0.3, -0.25) is 9.36 Å². The van der Waals surface area contributed by atoms with Gasteiger partial charge in [0.05, 0.1) is 29.8 Å². The minimum atomic E-state index is -0.475. The monoisotopic (exact) mass is 483 g/mol. The molecule has 3 N–H and O–H groups in total. The fourth-order valence-electron chi connectivity index (χ4n) is 4.16. The smallest absolute Gasteiger partial charge is 0.260 e. The Morgan fingerprint density at radius 2 is 1.66 bits per heavy atom. The molecule has 2 heterocycles. The molecule has 0 amide bonds. The van der Waals surface area contributed by atoms with Gasteiger partial charge in [-0.2, -0.15) is 5.26 Å². The van der Waals surface area contributed by atoms with E-state index in [0.717, 1.165) is 5.56 Å². The number of pyridine rings is 1. The van der Waals surface area contributed by atoms with E-state index in [-0.39, 0.29) is 17.1 Å². The van der Waals surface area contributed by atoms with Crippen molar-refractivity contribution < 1.29 is 14.9 Å². The maximum Gasteiger partial charge on any atom is 0.260 e. The lowest BCUT2D eigenvalue weighted by Crippen LogP contribution is -2.09. The van der Waals surface area contributed by atoms with Gasteiger partial charge >= 0.3 is 0 Å². The number of fused-ring (bicyclic) bond motifs is 1. The summed E-state index contributed by atoms with van der Waals surface area (Å²) < 4.78 is 6.82. The molecule has 0 aliphatic rings. The van der Waals surface area contributed by atoms with Crippen LogP contribution in [0.5, 0.6) is 17.2 Å². The number of aromatic hydroxyl groups is 2. The molecule has 0 saturated heterocycles. The molecule has 5 rings (SSSR count). The van der Waals surface area contributed by atoms with Crippen LogP contribution in [0.1, 0.15) is 5.56 Å². The van der Waals surface area contributed by atoms with E-state index < -0.39 is 5.56 Å². The van der Waals surface area contributed by atoms with Crippen LogP contribution < -0.4 is 10.3 Å². The third-order valence-electron chi connectivity index (χ3n) is 5.85. The van der Waals surface area contributed by atoms with Gasteiger partial charge in [0.1, 0.15) is 10.7 Å². The first kappa shape index (κ1) is 22.1. The summed E-state index contributed by atoms with van der Waals surface area (Å²) in [5.74, 6) is 0.180. The molecule has 2 aromatic heterocycles. The average molecular weight is 484 g/mol. The number of hydrogen-bond acceptors (Lipinski definition) is 5. The van der Waals surface area contributed by atoms with Crippen molar-refractivity contribution >= 4 is 22.6 Å². The van der Waals surface area contributed by atoms with Crippen molar-refractivity contribution in [1.82, 2.24) is 9.55 Å². The van der Waals surface area contributed by atoms with E-state index in [1.54, 1.807) is 65.2 Å². The number of hydrogen-bond donors (Lipinski definition) is 3. The summed E-state index contributed by atoms with van der Waals surface area (Å²) in [4.78, 5) is 15.6. The quantitative estimate of drug-likeness (QED) is 0.308. The molecule has 0 unspecified atom stereocenters. The molecule has 7 nitrogen and oxygen atoms in total. The molecule has 5 aromatic rings. The lowest BCUT2D eigenvalue weighted by molar-refractivity contribution is 0.374. The highest BCUT2D eigenvalue weighted by Crippen LogP contribution is 2.39. The van der Waals surface area contributed by atoms with Gasteiger partial charge in [-0.15, -0.1) is 0 Å². The number of halogens is 1. The van der Waals surface area contributed by atoms with Crippen molar-refractivity contribution in [3.05, 3.63) is 93.9 Å². The fourth-order valence-corrected chi connectivity index (χ4v) is 4.45. The van der Waals surface area contributed by atoms with Crippen molar-refractivity contribution in [2.75, 3.05) is 7.11 Å². The number of benzene rings is 3. The van der Waals surface area contributed by atoms with Crippen LogP contribution in [0.25, 0.3) is 39.0 Å². The molecular formula is C27H18ClN3O4. The first-order valence-electron chi connectivity index (χ1n) is 10.6. The highest BCUT2D eigenvalue weighted by molar-refractivity contribution is 6.31. The molecule has 172 valence electrons. The standard InChI is InChI=1S/C27H18ClN3O4/c1-35-21-4-2-3-19(25(21)32)16-9-11-18(12-10-16)31-22(28)13-20-24(31)26(33)23(27(34)30-20)17-7-5-15(14-29)6-8-17/h2-13,32H,1H3,(H2,30,33,34). The van der Waals surface area contributed by atoms with Gasteiger partial charge in [0.2, 0.25) is 0 Å². The third-order valence-corrected chi connectivity index (χ3v) is 6.13. The molecule has 0 aliphatic carbocycles. The number of phenolic OH excluding ortho intramolecular Hbond substituents is 1. The topological polar surface area (TPSA) is 111 Å². The number of rotatable bonds is 4. The fraction of sp³-hybridized carbons (Fsp3) is 0.0370. The van der Waals surface area contributed by atoms with Gasteiger partial charge in [0, 0.05) is 11.3 Å². The summed E-state index contributed by atoms with van der Waals surface area (Å²) in [6.45, 7) is 0. The first-order valence-corrected chi connectivity index (χ1v) is 10.9. The number of nitrogens with one attached hydrogen (secondary N) is 1. The Hall–Kier alpha value is -4.67. The number of para-hydroxylation sites is 1. The van der Waals surface area contributed by atoms with Gasteiger partial charge < -0.3 is 19.9 Å². The number of methoxy groups -OCH3 is 1. The van der Waals surface area contributed by atoms with Crippen LogP contribution >= 0.6 is 11.6 Å². The second kappa shape index (κ2) is 8.60. The molecule has 0 bridgehead atoms. The summed E-state index contributed by atoms with van der Waals surface area (Å²) in [6.07, 6.45) is 0. The Kier molecular flexibility index (Phi) is 5.44. The van der Waals surface area contributed by atoms with E-state index in [9.17, 15) is 15.0 Å².